The number of hydrogen-bond acceptors (Lipinski definition) is 3. The molecule has 0 aliphatic heterocycles. The van der Waals surface area contributed by atoms with Crippen molar-refractivity contribution in [3.63, 3.8) is 0 Å². The molecule has 0 radical (unpaired) electrons. The summed E-state index contributed by atoms with van der Waals surface area (Å²) in [5.41, 5.74) is 0. The van der Waals surface area contributed by atoms with Gasteiger partial charge in [0.1, 0.15) is 11.6 Å². The van der Waals surface area contributed by atoms with E-state index < -0.39 is 29.8 Å². The molecule has 0 fully saturated rings. The highest BCUT2D eigenvalue weighted by Crippen LogP contribution is 2.25. The zero-order valence-electron chi connectivity index (χ0n) is 11.0. The van der Waals surface area contributed by atoms with E-state index in [2.05, 4.69) is 5.32 Å². The van der Waals surface area contributed by atoms with E-state index in [1.807, 2.05) is 0 Å². The molecule has 0 saturated heterocycles. The third kappa shape index (κ3) is 5.05. The van der Waals surface area contributed by atoms with Gasteiger partial charge in [-0.05, 0) is 32.0 Å². The van der Waals surface area contributed by atoms with Crippen molar-refractivity contribution in [3.8, 4) is 5.75 Å². The first kappa shape index (κ1) is 16.2. The van der Waals surface area contributed by atoms with Gasteiger partial charge in [-0.3, -0.25) is 9.59 Å². The highest BCUT2D eigenvalue weighted by molar-refractivity contribution is 6.32. The van der Waals surface area contributed by atoms with E-state index in [1.165, 1.54) is 19.1 Å². The van der Waals surface area contributed by atoms with Crippen LogP contribution in [-0.4, -0.2) is 29.1 Å². The quantitative estimate of drug-likeness (QED) is 0.845. The standard InChI is InChI=1S/C13H15ClFNO4/c1-7(5-12(17)18)16-13(19)8(2)20-11-4-3-9(15)6-10(11)14/h3-4,6-8H,5H2,1-2H3,(H,16,19)(H,17,18). The summed E-state index contributed by atoms with van der Waals surface area (Å²) in [6.45, 7) is 3.06. The minimum atomic E-state index is -1.01. The van der Waals surface area contributed by atoms with E-state index in [0.717, 1.165) is 6.07 Å². The number of hydrogen-bond donors (Lipinski definition) is 2. The van der Waals surface area contributed by atoms with Gasteiger partial charge in [-0.1, -0.05) is 11.6 Å². The Balaban J connectivity index is 2.59. The first-order chi connectivity index (χ1) is 9.29. The molecule has 1 aromatic rings. The number of halogens is 2. The van der Waals surface area contributed by atoms with Gasteiger partial charge in [0.05, 0.1) is 11.4 Å². The van der Waals surface area contributed by atoms with Crippen molar-refractivity contribution >= 4 is 23.5 Å². The Morgan fingerprint density at radius 3 is 2.65 bits per heavy atom. The van der Waals surface area contributed by atoms with E-state index in [9.17, 15) is 14.0 Å². The molecule has 2 unspecified atom stereocenters. The van der Waals surface area contributed by atoms with Crippen LogP contribution in [0.3, 0.4) is 0 Å². The lowest BCUT2D eigenvalue weighted by Gasteiger charge is -2.18. The molecule has 0 bridgehead atoms. The second kappa shape index (κ2) is 7.09. The molecule has 0 spiro atoms. The molecule has 20 heavy (non-hydrogen) atoms. The topological polar surface area (TPSA) is 75.6 Å². The van der Waals surface area contributed by atoms with Crippen molar-refractivity contribution in [1.29, 1.82) is 0 Å². The van der Waals surface area contributed by atoms with Crippen LogP contribution in [0.25, 0.3) is 0 Å². The van der Waals surface area contributed by atoms with Crippen LogP contribution in [0.2, 0.25) is 5.02 Å². The molecular formula is C13H15ClFNO4. The van der Waals surface area contributed by atoms with Gasteiger partial charge in [0.15, 0.2) is 6.10 Å². The van der Waals surface area contributed by atoms with Crippen LogP contribution in [0, 0.1) is 5.82 Å². The van der Waals surface area contributed by atoms with Crippen LogP contribution in [0.1, 0.15) is 20.3 Å². The second-order valence-electron chi connectivity index (χ2n) is 4.34. The summed E-state index contributed by atoms with van der Waals surface area (Å²) in [6, 6.07) is 3.05. The van der Waals surface area contributed by atoms with Crippen molar-refractivity contribution in [2.24, 2.45) is 0 Å². The lowest BCUT2D eigenvalue weighted by atomic mass is 10.2. The molecule has 0 aromatic heterocycles. The molecule has 0 aliphatic rings. The average Bonchev–Trinajstić information content (AvgIpc) is 2.31. The van der Waals surface area contributed by atoms with Gasteiger partial charge in [0, 0.05) is 6.04 Å². The van der Waals surface area contributed by atoms with Crippen molar-refractivity contribution in [2.75, 3.05) is 0 Å². The van der Waals surface area contributed by atoms with Gasteiger partial charge in [0.25, 0.3) is 5.91 Å². The highest BCUT2D eigenvalue weighted by Gasteiger charge is 2.19. The van der Waals surface area contributed by atoms with Crippen LogP contribution in [0.5, 0.6) is 5.75 Å². The Morgan fingerprint density at radius 2 is 2.10 bits per heavy atom. The third-order valence-corrected chi connectivity index (χ3v) is 2.73. The third-order valence-electron chi connectivity index (χ3n) is 2.44. The average molecular weight is 304 g/mol. The van der Waals surface area contributed by atoms with Crippen LogP contribution >= 0.6 is 11.6 Å². The summed E-state index contributed by atoms with van der Waals surface area (Å²) >= 11 is 5.78. The number of amides is 1. The maximum atomic E-state index is 12.9. The Morgan fingerprint density at radius 1 is 1.45 bits per heavy atom. The molecule has 0 aliphatic carbocycles. The molecule has 110 valence electrons. The fourth-order valence-electron chi connectivity index (χ4n) is 1.49. The van der Waals surface area contributed by atoms with Crippen LogP contribution in [0.4, 0.5) is 4.39 Å². The van der Waals surface area contributed by atoms with E-state index in [1.54, 1.807) is 6.92 Å². The van der Waals surface area contributed by atoms with Crippen LogP contribution in [0.15, 0.2) is 18.2 Å². The number of carboxylic acid groups (broad SMARTS) is 1. The molecule has 1 amide bonds. The molecule has 1 aromatic carbocycles. The summed E-state index contributed by atoms with van der Waals surface area (Å²) in [5, 5.41) is 11.2. The van der Waals surface area contributed by atoms with Gasteiger partial charge < -0.3 is 15.2 Å². The summed E-state index contributed by atoms with van der Waals surface area (Å²) in [6.07, 6.45) is -1.07. The molecule has 7 heteroatoms. The van der Waals surface area contributed by atoms with Crippen LogP contribution < -0.4 is 10.1 Å². The number of ether oxygens (including phenoxy) is 1. The monoisotopic (exact) mass is 303 g/mol. The molecule has 1 rings (SSSR count). The maximum Gasteiger partial charge on any atom is 0.305 e. The molecular weight excluding hydrogens is 289 g/mol. The van der Waals surface area contributed by atoms with E-state index >= 15 is 0 Å². The first-order valence-electron chi connectivity index (χ1n) is 5.93. The Hall–Kier alpha value is -1.82. The molecule has 2 atom stereocenters. The lowest BCUT2D eigenvalue weighted by molar-refractivity contribution is -0.137. The Kier molecular flexibility index (Phi) is 5.76. The number of carbonyl (C=O) groups excluding carboxylic acids is 1. The van der Waals surface area contributed by atoms with Gasteiger partial charge in [-0.15, -0.1) is 0 Å². The molecule has 0 saturated carbocycles. The zero-order valence-corrected chi connectivity index (χ0v) is 11.8. The van der Waals surface area contributed by atoms with E-state index in [0.29, 0.717) is 0 Å². The van der Waals surface area contributed by atoms with Crippen molar-refractivity contribution in [2.45, 2.75) is 32.4 Å². The van der Waals surface area contributed by atoms with Gasteiger partial charge in [-0.25, -0.2) is 4.39 Å². The number of nitrogens with one attached hydrogen (secondary N) is 1. The Bertz CT molecular complexity index is 509. The second-order valence-corrected chi connectivity index (χ2v) is 4.75. The molecule has 2 N–H and O–H groups in total. The smallest absolute Gasteiger partial charge is 0.305 e. The summed E-state index contributed by atoms with van der Waals surface area (Å²) < 4.78 is 18.2. The SMILES string of the molecule is CC(CC(=O)O)NC(=O)C(C)Oc1ccc(F)cc1Cl. The number of carboxylic acids is 1. The number of carbonyl (C=O) groups is 2. The fourth-order valence-corrected chi connectivity index (χ4v) is 1.70. The summed E-state index contributed by atoms with van der Waals surface area (Å²) in [5.74, 6) is -1.80. The molecule has 0 heterocycles. The lowest BCUT2D eigenvalue weighted by Crippen LogP contribution is -2.42. The molecule has 5 nitrogen and oxygen atoms in total. The Labute approximate surface area is 120 Å². The fraction of sp³-hybridized carbons (Fsp3) is 0.385. The van der Waals surface area contributed by atoms with Crippen molar-refractivity contribution in [1.82, 2.24) is 5.32 Å². The van der Waals surface area contributed by atoms with Crippen molar-refractivity contribution < 1.29 is 23.8 Å². The highest BCUT2D eigenvalue weighted by atomic mass is 35.5. The number of aliphatic carboxylic acids is 1. The summed E-state index contributed by atoms with van der Waals surface area (Å²) in [4.78, 5) is 22.3. The van der Waals surface area contributed by atoms with E-state index in [4.69, 9.17) is 21.4 Å². The van der Waals surface area contributed by atoms with Crippen LogP contribution in [-0.2, 0) is 9.59 Å². The largest absolute Gasteiger partial charge is 0.481 e. The van der Waals surface area contributed by atoms with Gasteiger partial charge in [-0.2, -0.15) is 0 Å². The number of benzene rings is 1. The van der Waals surface area contributed by atoms with Gasteiger partial charge >= 0.3 is 5.97 Å². The zero-order chi connectivity index (χ0) is 15.3. The number of rotatable bonds is 6. The maximum absolute atomic E-state index is 12.9. The van der Waals surface area contributed by atoms with Gasteiger partial charge in [0.2, 0.25) is 0 Å². The van der Waals surface area contributed by atoms with Crippen molar-refractivity contribution in [3.05, 3.63) is 29.0 Å². The minimum absolute atomic E-state index is 0.0586. The summed E-state index contributed by atoms with van der Waals surface area (Å²) in [7, 11) is 0. The minimum Gasteiger partial charge on any atom is -0.481 e. The van der Waals surface area contributed by atoms with E-state index in [-0.39, 0.29) is 17.2 Å². The predicted molar refractivity (Wildman–Crippen MR) is 71.4 cm³/mol. The normalized spacial score (nSPS) is 13.4. The predicted octanol–water partition coefficient (Wildman–Crippen LogP) is 2.23. The first-order valence-corrected chi connectivity index (χ1v) is 6.31.